The van der Waals surface area contributed by atoms with E-state index in [1.165, 1.54) is 11.8 Å². The van der Waals surface area contributed by atoms with Gasteiger partial charge in [0, 0.05) is 18.1 Å². The van der Waals surface area contributed by atoms with Gasteiger partial charge >= 0.3 is 0 Å². The van der Waals surface area contributed by atoms with Gasteiger partial charge in [0.15, 0.2) is 11.1 Å². The van der Waals surface area contributed by atoms with Crippen molar-refractivity contribution in [1.82, 2.24) is 4.98 Å². The Labute approximate surface area is 92.5 Å². The highest BCUT2D eigenvalue weighted by atomic mass is 32.2. The average molecular weight is 223 g/mol. The van der Waals surface area contributed by atoms with Gasteiger partial charge in [-0.2, -0.15) is 4.99 Å². The second kappa shape index (κ2) is 6.02. The SMILES string of the molecule is N=C(N=C(N)N)SCCc1cccnc1. The zero-order valence-electron chi connectivity index (χ0n) is 8.18. The van der Waals surface area contributed by atoms with Crippen LogP contribution in [-0.4, -0.2) is 21.9 Å². The maximum Gasteiger partial charge on any atom is 0.193 e. The maximum atomic E-state index is 7.38. The van der Waals surface area contributed by atoms with Gasteiger partial charge in [0.05, 0.1) is 0 Å². The standard InChI is InChI=1S/C9H13N5S/c10-8(11)14-9(12)15-5-3-7-2-1-4-13-6-7/h1-2,4,6H,3,5H2,(H5,10,11,12,14). The number of aryl methyl sites for hydroxylation is 1. The van der Waals surface area contributed by atoms with E-state index in [9.17, 15) is 0 Å². The van der Waals surface area contributed by atoms with E-state index in [1.54, 1.807) is 6.20 Å². The Morgan fingerprint density at radius 3 is 2.93 bits per heavy atom. The highest BCUT2D eigenvalue weighted by Gasteiger charge is 1.97. The first-order valence-electron chi connectivity index (χ1n) is 4.38. The van der Waals surface area contributed by atoms with Gasteiger partial charge in [0.25, 0.3) is 0 Å². The molecule has 1 aromatic heterocycles. The quantitative estimate of drug-likeness (QED) is 0.515. The third kappa shape index (κ3) is 5.02. The van der Waals surface area contributed by atoms with Crippen molar-refractivity contribution in [2.45, 2.75) is 6.42 Å². The predicted molar refractivity (Wildman–Crippen MR) is 63.9 cm³/mol. The first-order chi connectivity index (χ1) is 7.18. The van der Waals surface area contributed by atoms with Gasteiger partial charge in [0.2, 0.25) is 0 Å². The number of aliphatic imine (C=N–C) groups is 1. The van der Waals surface area contributed by atoms with Crippen LogP contribution in [0.15, 0.2) is 29.5 Å². The Bertz CT molecular complexity index is 345. The highest BCUT2D eigenvalue weighted by Crippen LogP contribution is 2.07. The van der Waals surface area contributed by atoms with Crippen LogP contribution in [-0.2, 0) is 6.42 Å². The molecule has 0 unspecified atom stereocenters. The molecule has 5 nitrogen and oxygen atoms in total. The summed E-state index contributed by atoms with van der Waals surface area (Å²) in [5.41, 5.74) is 11.4. The molecule has 80 valence electrons. The molecular weight excluding hydrogens is 210 g/mol. The molecule has 6 heteroatoms. The number of nitrogens with two attached hydrogens (primary N) is 2. The number of hydrogen-bond donors (Lipinski definition) is 3. The summed E-state index contributed by atoms with van der Waals surface area (Å²) in [5.74, 6) is 0.690. The van der Waals surface area contributed by atoms with Crippen LogP contribution >= 0.6 is 11.8 Å². The summed E-state index contributed by atoms with van der Waals surface area (Å²) in [5, 5.41) is 7.52. The second-order valence-electron chi connectivity index (χ2n) is 2.80. The number of nitrogens with one attached hydrogen (secondary N) is 1. The number of guanidine groups is 1. The summed E-state index contributed by atoms with van der Waals surface area (Å²) >= 11 is 1.31. The van der Waals surface area contributed by atoms with Crippen LogP contribution in [0.1, 0.15) is 5.56 Å². The molecule has 0 saturated carbocycles. The Morgan fingerprint density at radius 1 is 1.53 bits per heavy atom. The van der Waals surface area contributed by atoms with Crippen LogP contribution < -0.4 is 11.5 Å². The molecule has 0 bridgehead atoms. The lowest BCUT2D eigenvalue weighted by Gasteiger charge is -1.99. The van der Waals surface area contributed by atoms with E-state index < -0.39 is 0 Å². The van der Waals surface area contributed by atoms with Gasteiger partial charge in [-0.15, -0.1) is 0 Å². The van der Waals surface area contributed by atoms with Gasteiger partial charge < -0.3 is 11.5 Å². The third-order valence-corrected chi connectivity index (χ3v) is 2.36. The minimum atomic E-state index is -0.0751. The number of hydrogen-bond acceptors (Lipinski definition) is 3. The summed E-state index contributed by atoms with van der Waals surface area (Å²) in [6, 6.07) is 3.89. The molecule has 1 heterocycles. The maximum absolute atomic E-state index is 7.38. The molecule has 0 radical (unpaired) electrons. The van der Waals surface area contributed by atoms with Crippen LogP contribution in [0.5, 0.6) is 0 Å². The summed E-state index contributed by atoms with van der Waals surface area (Å²) < 4.78 is 0. The molecule has 0 aliphatic heterocycles. The van der Waals surface area contributed by atoms with Crippen molar-refractivity contribution in [3.63, 3.8) is 0 Å². The smallest absolute Gasteiger partial charge is 0.193 e. The molecule has 15 heavy (non-hydrogen) atoms. The lowest BCUT2D eigenvalue weighted by Crippen LogP contribution is -2.23. The molecule has 1 rings (SSSR count). The van der Waals surface area contributed by atoms with Crippen LogP contribution in [0.25, 0.3) is 0 Å². The topological polar surface area (TPSA) is 101 Å². The van der Waals surface area contributed by atoms with Gasteiger partial charge in [0.1, 0.15) is 0 Å². The Balaban J connectivity index is 2.28. The van der Waals surface area contributed by atoms with Crippen molar-refractivity contribution in [3.05, 3.63) is 30.1 Å². The molecule has 0 atom stereocenters. The van der Waals surface area contributed by atoms with Crippen molar-refractivity contribution in [3.8, 4) is 0 Å². The molecule has 0 saturated heterocycles. The Hall–Kier alpha value is -1.56. The zero-order valence-corrected chi connectivity index (χ0v) is 9.00. The molecule has 0 aliphatic carbocycles. The number of pyridine rings is 1. The van der Waals surface area contributed by atoms with Crippen LogP contribution in [0, 0.1) is 5.41 Å². The summed E-state index contributed by atoms with van der Waals surface area (Å²) in [6.07, 6.45) is 4.39. The molecule has 0 amide bonds. The van der Waals surface area contributed by atoms with Gasteiger partial charge in [-0.05, 0) is 18.1 Å². The van der Waals surface area contributed by atoms with Crippen LogP contribution in [0.4, 0.5) is 0 Å². The van der Waals surface area contributed by atoms with Gasteiger partial charge in [-0.3, -0.25) is 10.4 Å². The molecule has 0 spiro atoms. The fourth-order valence-corrected chi connectivity index (χ4v) is 1.66. The minimum Gasteiger partial charge on any atom is -0.370 e. The van der Waals surface area contributed by atoms with Crippen LogP contribution in [0.2, 0.25) is 0 Å². The third-order valence-electron chi connectivity index (χ3n) is 1.58. The van der Waals surface area contributed by atoms with E-state index in [2.05, 4.69) is 9.98 Å². The molecule has 0 aromatic carbocycles. The molecule has 5 N–H and O–H groups in total. The highest BCUT2D eigenvalue weighted by molar-refractivity contribution is 8.13. The summed E-state index contributed by atoms with van der Waals surface area (Å²) in [4.78, 5) is 7.61. The zero-order chi connectivity index (χ0) is 11.1. The number of thioether (sulfide) groups is 1. The summed E-state index contributed by atoms with van der Waals surface area (Å²) in [6.45, 7) is 0. The molecular formula is C9H13N5S. The lowest BCUT2D eigenvalue weighted by molar-refractivity contribution is 1.12. The minimum absolute atomic E-state index is 0.0751. The van der Waals surface area contributed by atoms with Crippen molar-refractivity contribution in [1.29, 1.82) is 5.41 Å². The largest absolute Gasteiger partial charge is 0.370 e. The monoisotopic (exact) mass is 223 g/mol. The van der Waals surface area contributed by atoms with E-state index in [1.807, 2.05) is 18.3 Å². The van der Waals surface area contributed by atoms with E-state index in [0.29, 0.717) is 0 Å². The molecule has 0 aliphatic rings. The molecule has 1 aromatic rings. The Morgan fingerprint density at radius 2 is 2.33 bits per heavy atom. The first-order valence-corrected chi connectivity index (χ1v) is 5.37. The van der Waals surface area contributed by atoms with E-state index >= 15 is 0 Å². The average Bonchev–Trinajstić information content (AvgIpc) is 2.18. The lowest BCUT2D eigenvalue weighted by atomic mass is 10.2. The van der Waals surface area contributed by atoms with E-state index in [4.69, 9.17) is 16.9 Å². The van der Waals surface area contributed by atoms with Crippen molar-refractivity contribution >= 4 is 22.9 Å². The number of amidine groups is 1. The van der Waals surface area contributed by atoms with Gasteiger partial charge in [-0.1, -0.05) is 17.8 Å². The second-order valence-corrected chi connectivity index (χ2v) is 3.89. The van der Waals surface area contributed by atoms with Crippen molar-refractivity contribution < 1.29 is 0 Å². The number of nitrogens with zero attached hydrogens (tertiary/aromatic N) is 2. The van der Waals surface area contributed by atoms with Crippen molar-refractivity contribution in [2.24, 2.45) is 16.5 Å². The number of aromatic nitrogens is 1. The van der Waals surface area contributed by atoms with E-state index in [0.717, 1.165) is 17.7 Å². The fourth-order valence-electron chi connectivity index (χ4n) is 0.961. The summed E-state index contributed by atoms with van der Waals surface area (Å²) in [7, 11) is 0. The number of rotatable bonds is 3. The fraction of sp³-hybridized carbons (Fsp3) is 0.222. The predicted octanol–water partition coefficient (Wildman–Crippen LogP) is 0.565. The first kappa shape index (κ1) is 11.5. The molecule has 0 fully saturated rings. The normalized spacial score (nSPS) is 9.60. The van der Waals surface area contributed by atoms with Gasteiger partial charge in [-0.25, -0.2) is 0 Å². The van der Waals surface area contributed by atoms with Crippen molar-refractivity contribution in [2.75, 3.05) is 5.75 Å². The van der Waals surface area contributed by atoms with E-state index in [-0.39, 0.29) is 11.1 Å². The Kier molecular flexibility index (Phi) is 4.62. The van der Waals surface area contributed by atoms with Crippen LogP contribution in [0.3, 0.4) is 0 Å².